The molecule has 3 nitrogen and oxygen atoms in total. The lowest BCUT2D eigenvalue weighted by Crippen LogP contribution is -2.52. The number of halogens is 3. The number of nitrogens with one attached hydrogen (secondary N) is 1. The van der Waals surface area contributed by atoms with E-state index in [2.05, 4.69) is 10.2 Å². The maximum absolute atomic E-state index is 14.0. The summed E-state index contributed by atoms with van der Waals surface area (Å²) in [6.07, 6.45) is -1.47. The van der Waals surface area contributed by atoms with Crippen LogP contribution in [-0.2, 0) is 0 Å². The average Bonchev–Trinajstić information content (AvgIpc) is 2.92. The van der Waals surface area contributed by atoms with Gasteiger partial charge in [0.1, 0.15) is 5.41 Å². The van der Waals surface area contributed by atoms with Crippen molar-refractivity contribution in [1.29, 1.82) is 0 Å². The van der Waals surface area contributed by atoms with Crippen molar-refractivity contribution >= 4 is 0 Å². The van der Waals surface area contributed by atoms with Crippen LogP contribution in [0.2, 0.25) is 0 Å². The largest absolute Gasteiger partial charge is 0.400 e. The molecular weight excluding hydrogens is 291 g/mol. The smallest absolute Gasteiger partial charge is 0.385 e. The number of rotatable bonds is 2. The van der Waals surface area contributed by atoms with Crippen molar-refractivity contribution in [3.05, 3.63) is 23.0 Å². The van der Waals surface area contributed by atoms with E-state index < -0.39 is 11.6 Å². The second-order valence-electron chi connectivity index (χ2n) is 6.62. The summed E-state index contributed by atoms with van der Waals surface area (Å²) in [6.45, 7) is 5.40. The van der Waals surface area contributed by atoms with Crippen molar-refractivity contribution in [3.8, 4) is 0 Å². The lowest BCUT2D eigenvalue weighted by Gasteiger charge is -2.47. The fourth-order valence-electron chi connectivity index (χ4n) is 3.87. The Kier molecular flexibility index (Phi) is 3.91. The molecule has 0 radical (unpaired) electrons. The zero-order valence-corrected chi connectivity index (χ0v) is 13.3. The van der Waals surface area contributed by atoms with Gasteiger partial charge in [-0.3, -0.25) is 0 Å². The molecule has 0 aromatic heterocycles. The predicted molar refractivity (Wildman–Crippen MR) is 80.2 cm³/mol. The SMILES string of the molecule is CCC1(C(F)(F)F)CC2=C(C=C1N1CCN(C)CC1)NCC2. The fraction of sp³-hybridized carbons (Fsp3) is 0.750. The molecule has 1 unspecified atom stereocenters. The van der Waals surface area contributed by atoms with Crippen LogP contribution in [0.4, 0.5) is 13.2 Å². The molecule has 22 heavy (non-hydrogen) atoms. The zero-order valence-electron chi connectivity index (χ0n) is 13.3. The molecule has 1 saturated heterocycles. The number of nitrogens with zero attached hydrogens (tertiary/aromatic N) is 2. The molecule has 0 aromatic rings. The van der Waals surface area contributed by atoms with Crippen LogP contribution in [0, 0.1) is 5.41 Å². The highest BCUT2D eigenvalue weighted by Crippen LogP contribution is 2.55. The molecule has 1 N–H and O–H groups in total. The van der Waals surface area contributed by atoms with Crippen molar-refractivity contribution in [2.45, 2.75) is 32.4 Å². The van der Waals surface area contributed by atoms with Gasteiger partial charge < -0.3 is 15.1 Å². The number of piperazine rings is 1. The molecule has 1 aliphatic carbocycles. The third kappa shape index (κ3) is 2.41. The summed E-state index contributed by atoms with van der Waals surface area (Å²) >= 11 is 0. The van der Waals surface area contributed by atoms with Gasteiger partial charge in [-0.1, -0.05) is 6.92 Å². The van der Waals surface area contributed by atoms with Gasteiger partial charge in [0.2, 0.25) is 0 Å². The molecule has 0 aromatic carbocycles. The van der Waals surface area contributed by atoms with Crippen molar-refractivity contribution in [2.24, 2.45) is 5.41 Å². The summed E-state index contributed by atoms with van der Waals surface area (Å²) in [7, 11) is 2.02. The molecular formula is C16H24F3N3. The fourth-order valence-corrected chi connectivity index (χ4v) is 3.87. The molecule has 0 saturated carbocycles. The summed E-state index contributed by atoms with van der Waals surface area (Å²) in [4.78, 5) is 4.13. The van der Waals surface area contributed by atoms with E-state index in [1.807, 2.05) is 11.9 Å². The molecule has 6 heteroatoms. The van der Waals surface area contributed by atoms with Crippen LogP contribution in [0.25, 0.3) is 0 Å². The Bertz CT molecular complexity index is 501. The number of allylic oxidation sites excluding steroid dienone is 2. The number of alkyl halides is 3. The van der Waals surface area contributed by atoms with Crippen LogP contribution in [0.15, 0.2) is 23.0 Å². The molecule has 1 atom stereocenters. The topological polar surface area (TPSA) is 18.5 Å². The van der Waals surface area contributed by atoms with Gasteiger partial charge in [-0.05, 0) is 38.0 Å². The van der Waals surface area contributed by atoms with E-state index in [1.54, 1.807) is 13.0 Å². The minimum atomic E-state index is -4.21. The van der Waals surface area contributed by atoms with Crippen molar-refractivity contribution in [3.63, 3.8) is 0 Å². The Labute approximate surface area is 129 Å². The Morgan fingerprint density at radius 2 is 1.91 bits per heavy atom. The van der Waals surface area contributed by atoms with E-state index in [4.69, 9.17) is 0 Å². The first-order chi connectivity index (χ1) is 10.4. The zero-order chi connectivity index (χ0) is 16.0. The lowest BCUT2D eigenvalue weighted by molar-refractivity contribution is -0.218. The van der Waals surface area contributed by atoms with Crippen LogP contribution in [0.3, 0.4) is 0 Å². The number of likely N-dealkylation sites (N-methyl/N-ethyl adjacent to an activating group) is 1. The van der Waals surface area contributed by atoms with Crippen LogP contribution < -0.4 is 5.32 Å². The summed E-state index contributed by atoms with van der Waals surface area (Å²) in [6, 6.07) is 0. The standard InChI is InChI=1S/C16H24F3N3/c1-3-15(16(17,18)19)11-12-4-5-20-13(12)10-14(15)22-8-6-21(2)7-9-22/h10,20H,3-9,11H2,1-2H3. The minimum Gasteiger partial charge on any atom is -0.385 e. The van der Waals surface area contributed by atoms with Gasteiger partial charge >= 0.3 is 6.18 Å². The monoisotopic (exact) mass is 315 g/mol. The van der Waals surface area contributed by atoms with Crippen LogP contribution >= 0.6 is 0 Å². The second kappa shape index (κ2) is 5.48. The van der Waals surface area contributed by atoms with Crippen LogP contribution in [-0.4, -0.2) is 55.7 Å². The van der Waals surface area contributed by atoms with Gasteiger partial charge in [0, 0.05) is 44.1 Å². The summed E-state index contributed by atoms with van der Waals surface area (Å²) < 4.78 is 42.0. The van der Waals surface area contributed by atoms with Gasteiger partial charge in [-0.25, -0.2) is 0 Å². The van der Waals surface area contributed by atoms with Gasteiger partial charge in [-0.15, -0.1) is 0 Å². The van der Waals surface area contributed by atoms with E-state index in [0.29, 0.717) is 18.8 Å². The average molecular weight is 315 g/mol. The first-order valence-corrected chi connectivity index (χ1v) is 8.05. The molecule has 2 heterocycles. The number of hydrogen-bond acceptors (Lipinski definition) is 3. The molecule has 0 amide bonds. The van der Waals surface area contributed by atoms with Crippen LogP contribution in [0.5, 0.6) is 0 Å². The molecule has 124 valence electrons. The van der Waals surface area contributed by atoms with E-state index >= 15 is 0 Å². The first kappa shape index (κ1) is 15.7. The van der Waals surface area contributed by atoms with E-state index in [1.165, 1.54) is 0 Å². The molecule has 3 aliphatic rings. The van der Waals surface area contributed by atoms with Crippen molar-refractivity contribution in [1.82, 2.24) is 15.1 Å². The molecule has 0 spiro atoms. The molecule has 0 bridgehead atoms. The summed E-state index contributed by atoms with van der Waals surface area (Å²) in [5.41, 5.74) is 0.636. The van der Waals surface area contributed by atoms with Gasteiger partial charge in [0.15, 0.2) is 0 Å². The highest BCUT2D eigenvalue weighted by Gasteiger charge is 2.58. The van der Waals surface area contributed by atoms with Gasteiger partial charge in [0.25, 0.3) is 0 Å². The summed E-state index contributed by atoms with van der Waals surface area (Å²) in [5, 5.41) is 3.25. The quantitative estimate of drug-likeness (QED) is 0.845. The third-order valence-corrected chi connectivity index (χ3v) is 5.40. The van der Waals surface area contributed by atoms with E-state index in [-0.39, 0.29) is 12.8 Å². The highest BCUT2D eigenvalue weighted by atomic mass is 19.4. The Morgan fingerprint density at radius 3 is 2.50 bits per heavy atom. The maximum atomic E-state index is 14.0. The second-order valence-corrected chi connectivity index (χ2v) is 6.62. The Morgan fingerprint density at radius 1 is 1.23 bits per heavy atom. The van der Waals surface area contributed by atoms with Gasteiger partial charge in [0.05, 0.1) is 0 Å². The maximum Gasteiger partial charge on any atom is 0.400 e. The first-order valence-electron chi connectivity index (χ1n) is 8.05. The summed E-state index contributed by atoms with van der Waals surface area (Å²) in [5.74, 6) is 0. The normalized spacial score (nSPS) is 30.2. The van der Waals surface area contributed by atoms with E-state index in [9.17, 15) is 13.2 Å². The van der Waals surface area contributed by atoms with E-state index in [0.717, 1.165) is 37.3 Å². The Balaban J connectivity index is 2.00. The molecule has 2 aliphatic heterocycles. The number of hydrogen-bond donors (Lipinski definition) is 1. The van der Waals surface area contributed by atoms with Crippen molar-refractivity contribution < 1.29 is 13.2 Å². The third-order valence-electron chi connectivity index (χ3n) is 5.40. The van der Waals surface area contributed by atoms with Gasteiger partial charge in [-0.2, -0.15) is 13.2 Å². The molecule has 3 rings (SSSR count). The highest BCUT2D eigenvalue weighted by molar-refractivity contribution is 5.40. The Hall–Kier alpha value is -1.17. The minimum absolute atomic E-state index is 0.103. The van der Waals surface area contributed by atoms with Crippen LogP contribution in [0.1, 0.15) is 26.2 Å². The molecule has 1 fully saturated rings. The predicted octanol–water partition coefficient (Wildman–Crippen LogP) is 2.73. The lowest BCUT2D eigenvalue weighted by atomic mass is 9.71. The van der Waals surface area contributed by atoms with Crippen molar-refractivity contribution in [2.75, 3.05) is 39.8 Å².